The van der Waals surface area contributed by atoms with Gasteiger partial charge in [0.2, 0.25) is 5.91 Å². The molecule has 2 aromatic rings. The third kappa shape index (κ3) is 5.40. The van der Waals surface area contributed by atoms with Crippen molar-refractivity contribution in [3.05, 3.63) is 55.7 Å². The molecule has 1 saturated carbocycles. The van der Waals surface area contributed by atoms with Crippen LogP contribution in [0.1, 0.15) is 44.1 Å². The zero-order valence-corrected chi connectivity index (χ0v) is 20.3. The average Bonchev–Trinajstić information content (AvgIpc) is 3.35. The Balaban J connectivity index is 0.00000240. The van der Waals surface area contributed by atoms with Crippen molar-refractivity contribution in [3.63, 3.8) is 0 Å². The maximum atomic E-state index is 12.7. The van der Waals surface area contributed by atoms with Crippen LogP contribution in [0.15, 0.2) is 24.3 Å². The molecule has 4 rings (SSSR count). The fraction of sp³-hybridized carbons (Fsp3) is 0.455. The summed E-state index contributed by atoms with van der Waals surface area (Å²) in [5.74, 6) is 0.561. The standard InChI is InChI=1S/C22H25ClN2O2S.HI/c1-25(12-15-2-3-15)9-8-18-20(13-25)28-19(21(18)22(24)27)11-17(26)10-14-4-6-16(23)7-5-14;/h4-7,15H,2-3,8-13H2,1H3,(H-,24,27);1H. The van der Waals surface area contributed by atoms with Crippen molar-refractivity contribution in [2.75, 3.05) is 20.1 Å². The highest BCUT2D eigenvalue weighted by Gasteiger charge is 2.38. The van der Waals surface area contributed by atoms with Gasteiger partial charge < -0.3 is 34.2 Å². The Bertz CT molecular complexity index is 924. The number of likely N-dealkylation sites (N-methyl/N-ethyl adjacent to an activating group) is 1. The molecule has 1 aromatic carbocycles. The van der Waals surface area contributed by atoms with Crippen molar-refractivity contribution in [1.29, 1.82) is 0 Å². The largest absolute Gasteiger partial charge is 1.00 e. The molecule has 0 radical (unpaired) electrons. The lowest BCUT2D eigenvalue weighted by Gasteiger charge is -2.38. The quantitative estimate of drug-likeness (QED) is 0.414. The van der Waals surface area contributed by atoms with Gasteiger partial charge in [-0.15, -0.1) is 11.3 Å². The van der Waals surface area contributed by atoms with E-state index in [-0.39, 0.29) is 36.2 Å². The molecule has 1 aliphatic carbocycles. The number of carbonyl (C=O) groups excluding carboxylic acids is 2. The molecule has 2 heterocycles. The Labute approximate surface area is 198 Å². The van der Waals surface area contributed by atoms with Gasteiger partial charge in [0.25, 0.3) is 0 Å². The molecule has 1 unspecified atom stereocenters. The van der Waals surface area contributed by atoms with E-state index < -0.39 is 5.91 Å². The highest BCUT2D eigenvalue weighted by Crippen LogP contribution is 2.39. The van der Waals surface area contributed by atoms with Crippen LogP contribution in [-0.2, 0) is 30.6 Å². The van der Waals surface area contributed by atoms with Gasteiger partial charge in [0.15, 0.2) is 0 Å². The third-order valence-electron chi connectivity index (χ3n) is 5.91. The molecule has 1 aliphatic heterocycles. The van der Waals surface area contributed by atoms with E-state index >= 15 is 0 Å². The average molecular weight is 545 g/mol. The predicted molar refractivity (Wildman–Crippen MR) is 113 cm³/mol. The number of halogens is 2. The number of primary amides is 1. The molecule has 1 aromatic heterocycles. The van der Waals surface area contributed by atoms with E-state index in [2.05, 4.69) is 7.05 Å². The number of fused-ring (bicyclic) bond motifs is 1. The minimum Gasteiger partial charge on any atom is -1.00 e. The van der Waals surface area contributed by atoms with Crippen LogP contribution < -0.4 is 29.7 Å². The fourth-order valence-electron chi connectivity index (χ4n) is 4.33. The Kier molecular flexibility index (Phi) is 7.08. The molecule has 7 heteroatoms. The summed E-state index contributed by atoms with van der Waals surface area (Å²) in [6.45, 7) is 3.20. The summed E-state index contributed by atoms with van der Waals surface area (Å²) >= 11 is 7.54. The van der Waals surface area contributed by atoms with Crippen molar-refractivity contribution in [3.8, 4) is 0 Å². The van der Waals surface area contributed by atoms with Gasteiger partial charge in [-0.25, -0.2) is 0 Å². The minimum atomic E-state index is -0.398. The number of Topliss-reactive ketones (excluding diaryl/α,β-unsaturated/α-hetero) is 1. The summed E-state index contributed by atoms with van der Waals surface area (Å²) in [6.07, 6.45) is 4.18. The van der Waals surface area contributed by atoms with E-state index in [1.165, 1.54) is 24.3 Å². The van der Waals surface area contributed by atoms with Crippen LogP contribution >= 0.6 is 22.9 Å². The van der Waals surface area contributed by atoms with Crippen LogP contribution in [0.5, 0.6) is 0 Å². The molecule has 2 aliphatic rings. The number of ketones is 1. The second-order valence-electron chi connectivity index (χ2n) is 8.56. The molecule has 156 valence electrons. The van der Waals surface area contributed by atoms with Gasteiger partial charge in [0.05, 0.1) is 30.6 Å². The maximum absolute atomic E-state index is 12.7. The molecular formula is C22H26ClIN2O2S. The van der Waals surface area contributed by atoms with Crippen LogP contribution in [-0.4, -0.2) is 36.3 Å². The lowest BCUT2D eigenvalue weighted by Crippen LogP contribution is -3.00. The molecule has 0 saturated heterocycles. The molecule has 1 amide bonds. The first-order valence-corrected chi connectivity index (χ1v) is 11.1. The molecule has 1 fully saturated rings. The van der Waals surface area contributed by atoms with Gasteiger partial charge in [-0.3, -0.25) is 9.59 Å². The van der Waals surface area contributed by atoms with Gasteiger partial charge >= 0.3 is 0 Å². The summed E-state index contributed by atoms with van der Waals surface area (Å²) in [4.78, 5) is 26.9. The molecular weight excluding hydrogens is 519 g/mol. The monoisotopic (exact) mass is 544 g/mol. The van der Waals surface area contributed by atoms with Gasteiger partial charge in [-0.1, -0.05) is 23.7 Å². The number of carbonyl (C=O) groups is 2. The van der Waals surface area contributed by atoms with E-state index in [0.717, 1.165) is 45.9 Å². The second kappa shape index (κ2) is 9.04. The first-order valence-electron chi connectivity index (χ1n) is 9.86. The Morgan fingerprint density at radius 1 is 1.21 bits per heavy atom. The van der Waals surface area contributed by atoms with E-state index in [4.69, 9.17) is 17.3 Å². The molecule has 4 nitrogen and oxygen atoms in total. The van der Waals surface area contributed by atoms with E-state index in [9.17, 15) is 9.59 Å². The van der Waals surface area contributed by atoms with Gasteiger partial charge in [0, 0.05) is 35.1 Å². The van der Waals surface area contributed by atoms with E-state index in [0.29, 0.717) is 17.0 Å². The maximum Gasteiger partial charge on any atom is 0.250 e. The Hall–Kier alpha value is -0.960. The lowest BCUT2D eigenvalue weighted by molar-refractivity contribution is -0.925. The number of amides is 1. The van der Waals surface area contributed by atoms with Crippen LogP contribution in [0.2, 0.25) is 5.02 Å². The highest BCUT2D eigenvalue weighted by atomic mass is 127. The van der Waals surface area contributed by atoms with Crippen molar-refractivity contribution >= 4 is 34.6 Å². The van der Waals surface area contributed by atoms with E-state index in [1.54, 1.807) is 23.5 Å². The van der Waals surface area contributed by atoms with Crippen molar-refractivity contribution in [2.24, 2.45) is 11.7 Å². The Morgan fingerprint density at radius 3 is 2.52 bits per heavy atom. The zero-order valence-electron chi connectivity index (χ0n) is 16.5. The summed E-state index contributed by atoms with van der Waals surface area (Å²) in [5, 5.41) is 0.658. The number of nitrogens with zero attached hydrogens (tertiary/aromatic N) is 1. The SMILES string of the molecule is C[N+]1(CC2CC2)CCc2c(sc(CC(=O)Cc3ccc(Cl)cc3)c2C(N)=O)C1.[I-]. The summed E-state index contributed by atoms with van der Waals surface area (Å²) in [6, 6.07) is 7.33. The van der Waals surface area contributed by atoms with Gasteiger partial charge in [-0.05, 0) is 36.1 Å². The van der Waals surface area contributed by atoms with Crippen molar-refractivity contribution in [2.45, 2.75) is 38.6 Å². The van der Waals surface area contributed by atoms with Crippen molar-refractivity contribution in [1.82, 2.24) is 0 Å². The van der Waals surface area contributed by atoms with Crippen LogP contribution in [0.25, 0.3) is 0 Å². The molecule has 29 heavy (non-hydrogen) atoms. The second-order valence-corrected chi connectivity index (χ2v) is 10.2. The number of quaternary nitrogens is 1. The normalized spacial score (nSPS) is 20.6. The summed E-state index contributed by atoms with van der Waals surface area (Å²) in [7, 11) is 2.32. The van der Waals surface area contributed by atoms with Gasteiger partial charge in [-0.2, -0.15) is 0 Å². The minimum absolute atomic E-state index is 0. The predicted octanol–water partition coefficient (Wildman–Crippen LogP) is 0.771. The number of nitrogens with two attached hydrogens (primary N) is 1. The number of thiophene rings is 1. The summed E-state index contributed by atoms with van der Waals surface area (Å²) in [5.41, 5.74) is 8.37. The number of rotatable bonds is 7. The molecule has 1 atom stereocenters. The molecule has 0 bridgehead atoms. The van der Waals surface area contributed by atoms with Crippen molar-refractivity contribution < 1.29 is 38.0 Å². The molecule has 0 spiro atoms. The topological polar surface area (TPSA) is 60.2 Å². The number of hydrogen-bond donors (Lipinski definition) is 1. The molecule has 2 N–H and O–H groups in total. The first kappa shape index (κ1) is 22.7. The van der Waals surface area contributed by atoms with Crippen LogP contribution in [0.3, 0.4) is 0 Å². The zero-order chi connectivity index (χ0) is 19.9. The first-order chi connectivity index (χ1) is 13.3. The number of hydrogen-bond acceptors (Lipinski definition) is 3. The summed E-state index contributed by atoms with van der Waals surface area (Å²) < 4.78 is 1.04. The highest BCUT2D eigenvalue weighted by molar-refractivity contribution is 7.12. The van der Waals surface area contributed by atoms with Crippen LogP contribution in [0, 0.1) is 5.92 Å². The fourth-order valence-corrected chi connectivity index (χ4v) is 6.02. The number of benzene rings is 1. The van der Waals surface area contributed by atoms with E-state index in [1.807, 2.05) is 12.1 Å². The third-order valence-corrected chi connectivity index (χ3v) is 7.37. The van der Waals surface area contributed by atoms with Gasteiger partial charge in [0.1, 0.15) is 12.3 Å². The Morgan fingerprint density at radius 2 is 1.90 bits per heavy atom. The smallest absolute Gasteiger partial charge is 0.250 e. The lowest BCUT2D eigenvalue weighted by atomic mass is 9.97. The van der Waals surface area contributed by atoms with Crippen LogP contribution in [0.4, 0.5) is 0 Å².